The van der Waals surface area contributed by atoms with Crippen LogP contribution in [-0.4, -0.2) is 50.2 Å². The van der Waals surface area contributed by atoms with Crippen molar-refractivity contribution in [2.24, 2.45) is 0 Å². The van der Waals surface area contributed by atoms with Crippen molar-refractivity contribution >= 4 is 5.96 Å². The second-order valence-electron chi connectivity index (χ2n) is 3.39. The molecule has 0 radical (unpaired) electrons. The number of nitrogens with zero attached hydrogens (tertiary/aromatic N) is 2. The lowest BCUT2D eigenvalue weighted by molar-refractivity contribution is -0.472. The van der Waals surface area contributed by atoms with Crippen molar-refractivity contribution < 1.29 is 28.6 Å². The Morgan fingerprint density at radius 3 is 2.15 bits per heavy atom. The summed E-state index contributed by atoms with van der Waals surface area (Å²) in [6.45, 7) is 3.26. The van der Waals surface area contributed by atoms with Crippen LogP contribution in [0.4, 0.5) is 0 Å². The summed E-state index contributed by atoms with van der Waals surface area (Å²) in [7, 11) is 8.20. The van der Waals surface area contributed by atoms with E-state index in [1.807, 2.05) is 28.2 Å². The van der Waals surface area contributed by atoms with E-state index in [4.69, 9.17) is 0 Å². The molecule has 0 fully saturated rings. The first-order valence-corrected chi connectivity index (χ1v) is 4.55. The number of hydrogen-bond donors (Lipinski definition) is 1. The van der Waals surface area contributed by atoms with E-state index in [1.54, 1.807) is 0 Å². The number of halogens is 1. The average Bonchev–Trinajstić information content (AvgIpc) is 1.96. The Balaban J connectivity index is 0. The molecule has 0 rings (SSSR count). The number of guanidine groups is 1. The third kappa shape index (κ3) is 7.10. The molecule has 0 atom stereocenters. The van der Waals surface area contributed by atoms with Crippen molar-refractivity contribution in [1.29, 1.82) is 0 Å². The molecule has 80 valence electrons. The highest BCUT2D eigenvalue weighted by molar-refractivity contribution is 5.74. The first-order valence-electron chi connectivity index (χ1n) is 4.55. The minimum Gasteiger partial charge on any atom is -1.00 e. The van der Waals surface area contributed by atoms with Crippen molar-refractivity contribution in [2.45, 2.75) is 19.8 Å². The van der Waals surface area contributed by atoms with Gasteiger partial charge in [0.2, 0.25) is 0 Å². The standard InChI is InChI=1S/C9H21N3.HI/c1-6-7-8-10-9(11(2)3)12(4)5;/h6-8H2,1-5H3;1H. The average molecular weight is 299 g/mol. The Morgan fingerprint density at radius 2 is 1.85 bits per heavy atom. The van der Waals surface area contributed by atoms with Gasteiger partial charge in [-0.1, -0.05) is 13.3 Å². The fraction of sp³-hybridized carbons (Fsp3) is 0.889. The maximum absolute atomic E-state index is 3.39. The molecule has 0 aromatic rings. The molecule has 0 saturated heterocycles. The van der Waals surface area contributed by atoms with Crippen LogP contribution in [0.3, 0.4) is 0 Å². The van der Waals surface area contributed by atoms with E-state index in [2.05, 4.69) is 21.7 Å². The van der Waals surface area contributed by atoms with Gasteiger partial charge in [0, 0.05) is 0 Å². The molecule has 0 bridgehead atoms. The molecular weight excluding hydrogens is 277 g/mol. The third-order valence-electron chi connectivity index (χ3n) is 1.66. The minimum atomic E-state index is 0. The van der Waals surface area contributed by atoms with Crippen LogP contribution in [0.25, 0.3) is 0 Å². The van der Waals surface area contributed by atoms with Crippen LogP contribution in [-0.2, 0) is 0 Å². The van der Waals surface area contributed by atoms with Crippen LogP contribution in [0.15, 0.2) is 0 Å². The van der Waals surface area contributed by atoms with E-state index >= 15 is 0 Å². The fourth-order valence-corrected chi connectivity index (χ4v) is 1.09. The minimum absolute atomic E-state index is 0. The van der Waals surface area contributed by atoms with Gasteiger partial charge in [-0.25, -0.2) is 0 Å². The lowest BCUT2D eigenvalue weighted by atomic mass is 10.3. The van der Waals surface area contributed by atoms with E-state index in [9.17, 15) is 0 Å². The summed E-state index contributed by atoms with van der Waals surface area (Å²) in [4.78, 5) is 2.09. The van der Waals surface area contributed by atoms with Gasteiger partial charge in [0.1, 0.15) is 0 Å². The zero-order chi connectivity index (χ0) is 9.56. The molecular formula is C9H22IN3. The molecule has 0 aromatic carbocycles. The topological polar surface area (TPSA) is 18.3 Å². The second kappa shape index (κ2) is 8.59. The summed E-state index contributed by atoms with van der Waals surface area (Å²) >= 11 is 0. The Bertz CT molecular complexity index is 151. The number of rotatable bonds is 3. The maximum atomic E-state index is 3.39. The first-order chi connectivity index (χ1) is 5.59. The molecule has 0 unspecified atom stereocenters. The highest BCUT2D eigenvalue weighted by atomic mass is 127. The number of nitrogens with one attached hydrogen (secondary N) is 1. The van der Waals surface area contributed by atoms with Gasteiger partial charge in [-0.3, -0.25) is 14.8 Å². The van der Waals surface area contributed by atoms with Gasteiger partial charge in [0.25, 0.3) is 0 Å². The monoisotopic (exact) mass is 299 g/mol. The van der Waals surface area contributed by atoms with Crippen LogP contribution < -0.4 is 29.3 Å². The second-order valence-corrected chi connectivity index (χ2v) is 3.39. The lowest BCUT2D eigenvalue weighted by Gasteiger charge is -2.12. The van der Waals surface area contributed by atoms with Crippen LogP contribution in [0.2, 0.25) is 0 Å². The summed E-state index contributed by atoms with van der Waals surface area (Å²) in [5, 5.41) is 3.39. The van der Waals surface area contributed by atoms with Crippen molar-refractivity contribution in [3.63, 3.8) is 0 Å². The molecule has 0 aromatic heterocycles. The Labute approximate surface area is 99.2 Å². The van der Waals surface area contributed by atoms with E-state index in [-0.39, 0.29) is 24.0 Å². The van der Waals surface area contributed by atoms with Crippen molar-refractivity contribution in [3.8, 4) is 0 Å². The van der Waals surface area contributed by atoms with Gasteiger partial charge < -0.3 is 24.0 Å². The smallest absolute Gasteiger partial charge is 0.347 e. The highest BCUT2D eigenvalue weighted by Gasteiger charge is 2.08. The zero-order valence-electron chi connectivity index (χ0n) is 9.39. The molecule has 13 heavy (non-hydrogen) atoms. The van der Waals surface area contributed by atoms with Gasteiger partial charge >= 0.3 is 5.96 Å². The molecule has 3 nitrogen and oxygen atoms in total. The van der Waals surface area contributed by atoms with E-state index in [0.29, 0.717) is 0 Å². The Morgan fingerprint density at radius 1 is 1.31 bits per heavy atom. The van der Waals surface area contributed by atoms with E-state index in [0.717, 1.165) is 6.54 Å². The van der Waals surface area contributed by atoms with E-state index in [1.165, 1.54) is 18.8 Å². The molecule has 0 aliphatic heterocycles. The molecule has 0 aliphatic carbocycles. The van der Waals surface area contributed by atoms with Crippen molar-refractivity contribution in [1.82, 2.24) is 10.2 Å². The van der Waals surface area contributed by atoms with Gasteiger partial charge in [0.15, 0.2) is 0 Å². The summed E-state index contributed by atoms with van der Waals surface area (Å²) < 4.78 is 2.09. The van der Waals surface area contributed by atoms with Gasteiger partial charge in [-0.2, -0.15) is 0 Å². The molecule has 1 N–H and O–H groups in total. The summed E-state index contributed by atoms with van der Waals surface area (Å²) in [5.74, 6) is 1.17. The summed E-state index contributed by atoms with van der Waals surface area (Å²) in [5.41, 5.74) is 0. The Hall–Kier alpha value is 0. The van der Waals surface area contributed by atoms with Crippen molar-refractivity contribution in [3.05, 3.63) is 0 Å². The largest absolute Gasteiger partial charge is 1.00 e. The first kappa shape index (κ1) is 15.5. The van der Waals surface area contributed by atoms with E-state index < -0.39 is 0 Å². The van der Waals surface area contributed by atoms with Crippen LogP contribution in [0.5, 0.6) is 0 Å². The lowest BCUT2D eigenvalue weighted by Crippen LogP contribution is -3.00. The molecule has 0 saturated carbocycles. The maximum Gasteiger partial charge on any atom is 0.347 e. The van der Waals surface area contributed by atoms with Gasteiger partial charge in [-0.05, 0) is 6.42 Å². The predicted octanol–water partition coefficient (Wildman–Crippen LogP) is -2.43. The van der Waals surface area contributed by atoms with Crippen LogP contribution in [0, 0.1) is 0 Å². The molecule has 0 amide bonds. The molecule has 0 aliphatic rings. The van der Waals surface area contributed by atoms with Crippen molar-refractivity contribution in [2.75, 3.05) is 34.7 Å². The number of hydrogen-bond acceptors (Lipinski definition) is 0. The van der Waals surface area contributed by atoms with Crippen LogP contribution in [0.1, 0.15) is 19.8 Å². The van der Waals surface area contributed by atoms with Crippen LogP contribution >= 0.6 is 0 Å². The Kier molecular flexibility index (Phi) is 10.2. The molecule has 4 heteroatoms. The highest BCUT2D eigenvalue weighted by Crippen LogP contribution is 1.84. The summed E-state index contributed by atoms with van der Waals surface area (Å²) in [6.07, 6.45) is 2.46. The summed E-state index contributed by atoms with van der Waals surface area (Å²) in [6, 6.07) is 0. The zero-order valence-corrected chi connectivity index (χ0v) is 11.6. The molecule has 0 spiro atoms. The number of unbranched alkanes of at least 4 members (excludes halogenated alkanes) is 1. The molecule has 0 heterocycles. The van der Waals surface area contributed by atoms with Gasteiger partial charge in [0.05, 0.1) is 34.7 Å². The third-order valence-corrected chi connectivity index (χ3v) is 1.66. The fourth-order valence-electron chi connectivity index (χ4n) is 1.09. The quantitative estimate of drug-likeness (QED) is 0.205. The SMILES string of the molecule is CCCCNC(N(C)C)=[N+](C)C.[I-]. The van der Waals surface area contributed by atoms with Gasteiger partial charge in [-0.15, -0.1) is 0 Å². The predicted molar refractivity (Wildman–Crippen MR) is 53.7 cm³/mol. The normalized spacial score (nSPS) is 8.69.